The van der Waals surface area contributed by atoms with Crippen molar-refractivity contribution < 1.29 is 18.9 Å². The third-order valence-corrected chi connectivity index (χ3v) is 8.39. The summed E-state index contributed by atoms with van der Waals surface area (Å²) >= 11 is 0. The Hall–Kier alpha value is -1.70. The van der Waals surface area contributed by atoms with Gasteiger partial charge in [0.15, 0.2) is 0 Å². The topological polar surface area (TPSA) is 74.6 Å². The van der Waals surface area contributed by atoms with E-state index in [0.29, 0.717) is 0 Å². The molecule has 0 spiro atoms. The lowest BCUT2D eigenvalue weighted by atomic mass is 10.4. The van der Waals surface area contributed by atoms with Crippen LogP contribution in [0.4, 0.5) is 0 Å². The average molecular weight is 346 g/mol. The summed E-state index contributed by atoms with van der Waals surface area (Å²) in [5.41, 5.74) is -0.985. The van der Waals surface area contributed by atoms with Crippen LogP contribution in [0.5, 0.6) is 0 Å². The largest absolute Gasteiger partial charge is 0.340 e. The molecule has 3 unspecified atom stereocenters. The Bertz CT molecular complexity index is 857. The van der Waals surface area contributed by atoms with Crippen LogP contribution >= 0.6 is 14.7 Å². The van der Waals surface area contributed by atoms with Gasteiger partial charge in [-0.2, -0.15) is 0 Å². The normalized spacial score (nSPS) is 22.2. The van der Waals surface area contributed by atoms with Crippen LogP contribution in [0.15, 0.2) is 84.2 Å². The number of benzene rings is 2. The van der Waals surface area contributed by atoms with Crippen molar-refractivity contribution >= 4 is 25.3 Å². The predicted molar refractivity (Wildman–Crippen MR) is 92.8 cm³/mol. The summed E-state index contributed by atoms with van der Waals surface area (Å²) < 4.78 is 25.9. The van der Waals surface area contributed by atoms with Crippen LogP contribution in [-0.2, 0) is 9.13 Å². The first-order valence-corrected chi connectivity index (χ1v) is 10.5. The molecule has 118 valence electrons. The molecular formula is C17H16O4P2. The van der Waals surface area contributed by atoms with Gasteiger partial charge in [0, 0.05) is 15.9 Å². The van der Waals surface area contributed by atoms with E-state index in [4.69, 9.17) is 0 Å². The first-order chi connectivity index (χ1) is 10.9. The molecule has 0 heterocycles. The minimum absolute atomic E-state index is 0.0957. The van der Waals surface area contributed by atoms with Gasteiger partial charge < -0.3 is 9.79 Å². The maximum atomic E-state index is 12.9. The second-order valence-electron chi connectivity index (χ2n) is 5.29. The molecule has 3 atom stereocenters. The summed E-state index contributed by atoms with van der Waals surface area (Å²) in [5, 5.41) is 0.627. The van der Waals surface area contributed by atoms with Crippen LogP contribution in [0.2, 0.25) is 0 Å². The molecule has 0 aromatic heterocycles. The third kappa shape index (κ3) is 2.91. The molecule has 4 nitrogen and oxygen atoms in total. The van der Waals surface area contributed by atoms with Crippen LogP contribution < -0.4 is 10.6 Å². The molecule has 0 amide bonds. The smallest absolute Gasteiger partial charge is 0.256 e. The Balaban J connectivity index is 2.03. The molecular weight excluding hydrogens is 330 g/mol. The SMILES string of the molecule is O=P(O)(C1=CC=CC1P(=O)(O)c1ccccc1)c1ccccc1. The molecule has 0 aliphatic heterocycles. The van der Waals surface area contributed by atoms with Crippen molar-refractivity contribution in [2.45, 2.75) is 5.66 Å². The highest BCUT2D eigenvalue weighted by molar-refractivity contribution is 7.73. The van der Waals surface area contributed by atoms with Gasteiger partial charge in [0.1, 0.15) is 0 Å². The standard InChI is InChI=1S/C17H16O4P2/c18-22(19,14-8-3-1-4-9-14)16-12-7-13-17(16)23(20,21)15-10-5-2-6-11-15/h1-13,16H,(H,18,19)(H,20,21). The Morgan fingerprint density at radius 3 is 1.87 bits per heavy atom. The first kappa shape index (κ1) is 16.2. The highest BCUT2D eigenvalue weighted by Gasteiger charge is 2.43. The van der Waals surface area contributed by atoms with Gasteiger partial charge in [0.25, 0.3) is 7.37 Å². The van der Waals surface area contributed by atoms with E-state index >= 15 is 0 Å². The van der Waals surface area contributed by atoms with E-state index in [1.165, 1.54) is 12.2 Å². The summed E-state index contributed by atoms with van der Waals surface area (Å²) in [6, 6.07) is 16.5. The molecule has 0 saturated carbocycles. The molecule has 0 saturated heterocycles. The van der Waals surface area contributed by atoms with Crippen molar-refractivity contribution in [1.82, 2.24) is 0 Å². The van der Waals surface area contributed by atoms with E-state index < -0.39 is 20.4 Å². The minimum atomic E-state index is -3.90. The van der Waals surface area contributed by atoms with Crippen molar-refractivity contribution in [2.75, 3.05) is 0 Å². The summed E-state index contributed by atoms with van der Waals surface area (Å²) in [4.78, 5) is 21.2. The first-order valence-electron chi connectivity index (χ1n) is 7.09. The Labute approximate surface area is 134 Å². The Morgan fingerprint density at radius 1 is 0.783 bits per heavy atom. The molecule has 0 fully saturated rings. The van der Waals surface area contributed by atoms with Crippen molar-refractivity contribution in [3.8, 4) is 0 Å². The van der Waals surface area contributed by atoms with Crippen LogP contribution in [0, 0.1) is 0 Å². The van der Waals surface area contributed by atoms with Gasteiger partial charge >= 0.3 is 0 Å². The molecule has 23 heavy (non-hydrogen) atoms. The number of hydrogen-bond donors (Lipinski definition) is 2. The second-order valence-corrected chi connectivity index (χ2v) is 9.79. The van der Waals surface area contributed by atoms with Gasteiger partial charge in [0.2, 0.25) is 7.37 Å². The van der Waals surface area contributed by atoms with Crippen molar-refractivity contribution in [3.05, 3.63) is 84.2 Å². The molecule has 2 N–H and O–H groups in total. The van der Waals surface area contributed by atoms with E-state index in [1.54, 1.807) is 66.7 Å². The maximum absolute atomic E-state index is 12.9. The number of hydrogen-bond acceptors (Lipinski definition) is 2. The summed E-state index contributed by atoms with van der Waals surface area (Å²) in [6.07, 6.45) is 4.57. The summed E-state index contributed by atoms with van der Waals surface area (Å²) in [7, 11) is -7.75. The van der Waals surface area contributed by atoms with Crippen molar-refractivity contribution in [1.29, 1.82) is 0 Å². The molecule has 0 bridgehead atoms. The van der Waals surface area contributed by atoms with Crippen molar-refractivity contribution in [3.63, 3.8) is 0 Å². The fourth-order valence-electron chi connectivity index (χ4n) is 2.61. The van der Waals surface area contributed by atoms with E-state index in [-0.39, 0.29) is 15.9 Å². The zero-order valence-electron chi connectivity index (χ0n) is 12.2. The number of allylic oxidation sites excluding steroid dienone is 4. The van der Waals surface area contributed by atoms with Gasteiger partial charge in [-0.15, -0.1) is 0 Å². The van der Waals surface area contributed by atoms with E-state index in [9.17, 15) is 18.9 Å². The van der Waals surface area contributed by atoms with E-state index in [2.05, 4.69) is 0 Å². The monoisotopic (exact) mass is 346 g/mol. The molecule has 1 aliphatic carbocycles. The van der Waals surface area contributed by atoms with E-state index in [1.807, 2.05) is 0 Å². The summed E-state index contributed by atoms with van der Waals surface area (Å²) in [6.45, 7) is 0. The van der Waals surface area contributed by atoms with Gasteiger partial charge in [-0.1, -0.05) is 54.6 Å². The fraction of sp³-hybridized carbons (Fsp3) is 0.0588. The molecule has 0 radical (unpaired) electrons. The Kier molecular flexibility index (Phi) is 4.27. The van der Waals surface area contributed by atoms with Crippen LogP contribution in [0.1, 0.15) is 0 Å². The van der Waals surface area contributed by atoms with Crippen LogP contribution in [0.25, 0.3) is 0 Å². The molecule has 2 aromatic rings. The molecule has 2 aromatic carbocycles. The molecule has 1 aliphatic rings. The molecule has 3 rings (SSSR count). The Morgan fingerprint density at radius 2 is 1.30 bits per heavy atom. The van der Waals surface area contributed by atoms with Gasteiger partial charge in [-0.05, 0) is 24.3 Å². The average Bonchev–Trinajstić information content (AvgIpc) is 3.08. The van der Waals surface area contributed by atoms with Gasteiger partial charge in [-0.25, -0.2) is 0 Å². The highest BCUT2D eigenvalue weighted by Crippen LogP contribution is 2.61. The fourth-order valence-corrected chi connectivity index (χ4v) is 6.86. The van der Waals surface area contributed by atoms with Crippen LogP contribution in [0.3, 0.4) is 0 Å². The second kappa shape index (κ2) is 6.07. The van der Waals surface area contributed by atoms with Gasteiger partial charge in [0.05, 0.1) is 5.66 Å². The highest BCUT2D eigenvalue weighted by atomic mass is 31.2. The zero-order valence-corrected chi connectivity index (χ0v) is 14.0. The predicted octanol–water partition coefficient (Wildman–Crippen LogP) is 3.00. The maximum Gasteiger partial charge on any atom is 0.256 e. The quantitative estimate of drug-likeness (QED) is 0.835. The lowest BCUT2D eigenvalue weighted by molar-refractivity contribution is 0.480. The van der Waals surface area contributed by atoms with Crippen molar-refractivity contribution in [2.24, 2.45) is 0 Å². The lowest BCUT2D eigenvalue weighted by Gasteiger charge is -2.24. The van der Waals surface area contributed by atoms with E-state index in [0.717, 1.165) is 0 Å². The molecule has 6 heteroatoms. The zero-order chi connectivity index (χ0) is 16.5. The number of rotatable bonds is 4. The third-order valence-electron chi connectivity index (χ3n) is 3.82. The lowest BCUT2D eigenvalue weighted by Crippen LogP contribution is -2.19. The van der Waals surface area contributed by atoms with Gasteiger partial charge in [-0.3, -0.25) is 9.13 Å². The summed E-state index contributed by atoms with van der Waals surface area (Å²) in [5.74, 6) is 0. The minimum Gasteiger partial charge on any atom is -0.340 e. The van der Waals surface area contributed by atoms with Crippen LogP contribution in [-0.4, -0.2) is 15.4 Å².